The van der Waals surface area contributed by atoms with Gasteiger partial charge in [-0.05, 0) is 67.5 Å². The highest BCUT2D eigenvalue weighted by Crippen LogP contribution is 2.28. The number of oxazole rings is 1. The summed E-state index contributed by atoms with van der Waals surface area (Å²) in [4.78, 5) is 25.1. The molecule has 2 heterocycles. The van der Waals surface area contributed by atoms with E-state index in [9.17, 15) is 18.0 Å². The number of rotatable bonds is 5. The van der Waals surface area contributed by atoms with Crippen LogP contribution >= 0.6 is 0 Å². The SMILES string of the molecule is Cc1ccc(NC(=O)Cn2c(=O)oc3cc(S(=O)(=O)N4C[C@@H](C)C[C@H](C)C4)ccc32)cc1C. The number of carbonyl (C=O) groups is 1. The van der Waals surface area contributed by atoms with Crippen LogP contribution in [-0.2, 0) is 21.4 Å². The lowest BCUT2D eigenvalue weighted by atomic mass is 9.94. The Morgan fingerprint density at radius 3 is 2.42 bits per heavy atom. The number of nitrogens with one attached hydrogen (secondary N) is 1. The zero-order valence-electron chi connectivity index (χ0n) is 19.3. The zero-order valence-corrected chi connectivity index (χ0v) is 20.1. The van der Waals surface area contributed by atoms with Gasteiger partial charge in [0.15, 0.2) is 5.58 Å². The molecule has 1 saturated heterocycles. The predicted molar refractivity (Wildman–Crippen MR) is 127 cm³/mol. The van der Waals surface area contributed by atoms with Gasteiger partial charge in [0.25, 0.3) is 0 Å². The Bertz CT molecular complexity index is 1360. The molecule has 1 amide bonds. The first kappa shape index (κ1) is 23.3. The Balaban J connectivity index is 1.58. The molecule has 8 nitrogen and oxygen atoms in total. The van der Waals surface area contributed by atoms with Crippen molar-refractivity contribution < 1.29 is 17.6 Å². The first-order valence-electron chi connectivity index (χ1n) is 11.0. The normalized spacial score (nSPS) is 19.6. The average Bonchev–Trinajstić information content (AvgIpc) is 3.04. The third-order valence-electron chi connectivity index (χ3n) is 6.21. The molecule has 176 valence electrons. The minimum atomic E-state index is -3.71. The second-order valence-electron chi connectivity index (χ2n) is 9.20. The predicted octanol–water partition coefficient (Wildman–Crippen LogP) is 3.52. The summed E-state index contributed by atoms with van der Waals surface area (Å²) < 4.78 is 34.4. The van der Waals surface area contributed by atoms with E-state index in [1.165, 1.54) is 27.1 Å². The van der Waals surface area contributed by atoms with Crippen LogP contribution in [-0.4, -0.2) is 36.3 Å². The van der Waals surface area contributed by atoms with E-state index in [1.54, 1.807) is 6.07 Å². The van der Waals surface area contributed by atoms with Gasteiger partial charge in [0.1, 0.15) is 6.54 Å². The first-order valence-corrected chi connectivity index (χ1v) is 12.5. The van der Waals surface area contributed by atoms with Crippen LogP contribution in [0.3, 0.4) is 0 Å². The molecule has 0 bridgehead atoms. The summed E-state index contributed by atoms with van der Waals surface area (Å²) in [5.41, 5.74) is 3.31. The molecule has 4 rings (SSSR count). The van der Waals surface area contributed by atoms with Gasteiger partial charge in [0, 0.05) is 24.8 Å². The van der Waals surface area contributed by atoms with Gasteiger partial charge in [0.05, 0.1) is 10.4 Å². The number of piperidine rings is 1. The van der Waals surface area contributed by atoms with Gasteiger partial charge in [-0.1, -0.05) is 19.9 Å². The number of hydrogen-bond acceptors (Lipinski definition) is 5. The van der Waals surface area contributed by atoms with E-state index in [-0.39, 0.29) is 34.8 Å². The quantitative estimate of drug-likeness (QED) is 0.614. The molecule has 0 radical (unpaired) electrons. The molecule has 33 heavy (non-hydrogen) atoms. The van der Waals surface area contributed by atoms with Crippen LogP contribution in [0.5, 0.6) is 0 Å². The average molecular weight is 472 g/mol. The number of sulfonamides is 1. The van der Waals surface area contributed by atoms with Crippen LogP contribution in [0.15, 0.2) is 50.5 Å². The third-order valence-corrected chi connectivity index (χ3v) is 8.03. The number of aryl methyl sites for hydroxylation is 2. The summed E-state index contributed by atoms with van der Waals surface area (Å²) in [5.74, 6) is -0.532. The first-order chi connectivity index (χ1) is 15.5. The summed E-state index contributed by atoms with van der Waals surface area (Å²) in [7, 11) is -3.71. The fraction of sp³-hybridized carbons (Fsp3) is 0.417. The number of nitrogens with zero attached hydrogens (tertiary/aromatic N) is 2. The Kier molecular flexibility index (Phi) is 6.20. The van der Waals surface area contributed by atoms with Gasteiger partial charge in [-0.25, -0.2) is 13.2 Å². The van der Waals surface area contributed by atoms with Crippen LogP contribution in [0, 0.1) is 25.7 Å². The number of benzene rings is 2. The molecular weight excluding hydrogens is 442 g/mol. The number of aromatic nitrogens is 1. The molecule has 1 aliphatic rings. The van der Waals surface area contributed by atoms with E-state index in [4.69, 9.17) is 4.42 Å². The van der Waals surface area contributed by atoms with Gasteiger partial charge in [-0.3, -0.25) is 9.36 Å². The van der Waals surface area contributed by atoms with Crippen molar-refractivity contribution in [3.63, 3.8) is 0 Å². The van der Waals surface area contributed by atoms with E-state index in [1.807, 2.05) is 39.8 Å². The van der Waals surface area contributed by atoms with E-state index in [2.05, 4.69) is 5.32 Å². The summed E-state index contributed by atoms with van der Waals surface area (Å²) in [6.45, 7) is 8.72. The number of amides is 1. The molecule has 2 atom stereocenters. The standard InChI is InChI=1S/C24H29N3O5S/c1-15-9-16(2)13-26(12-15)33(30,31)20-7-8-21-22(11-20)32-24(29)27(21)14-23(28)25-19-6-5-17(3)18(4)10-19/h5-8,10-11,15-16H,9,12-14H2,1-4H3,(H,25,28)/t15-,16-/m0/s1. The second-order valence-corrected chi connectivity index (χ2v) is 11.1. The zero-order chi connectivity index (χ0) is 23.9. The molecule has 1 N–H and O–H groups in total. The van der Waals surface area contributed by atoms with E-state index < -0.39 is 15.8 Å². The van der Waals surface area contributed by atoms with Gasteiger partial charge in [0.2, 0.25) is 15.9 Å². The molecule has 0 aliphatic carbocycles. The lowest BCUT2D eigenvalue weighted by Crippen LogP contribution is -2.42. The van der Waals surface area contributed by atoms with E-state index >= 15 is 0 Å². The number of fused-ring (bicyclic) bond motifs is 1. The van der Waals surface area contributed by atoms with Crippen LogP contribution < -0.4 is 11.1 Å². The molecule has 1 fully saturated rings. The highest BCUT2D eigenvalue weighted by Gasteiger charge is 2.32. The van der Waals surface area contributed by atoms with Crippen molar-refractivity contribution in [2.24, 2.45) is 11.8 Å². The number of anilines is 1. The van der Waals surface area contributed by atoms with Crippen LogP contribution in [0.1, 0.15) is 31.4 Å². The van der Waals surface area contributed by atoms with Gasteiger partial charge >= 0.3 is 5.76 Å². The lowest BCUT2D eigenvalue weighted by Gasteiger charge is -2.34. The van der Waals surface area contributed by atoms with Crippen molar-refractivity contribution in [3.8, 4) is 0 Å². The van der Waals surface area contributed by atoms with E-state index in [0.29, 0.717) is 24.3 Å². The second kappa shape index (κ2) is 8.79. The molecule has 9 heteroatoms. The molecule has 2 aromatic carbocycles. The summed E-state index contributed by atoms with van der Waals surface area (Å²) in [6.07, 6.45) is 0.993. The van der Waals surface area contributed by atoms with Crippen LogP contribution in [0.25, 0.3) is 11.1 Å². The number of hydrogen-bond donors (Lipinski definition) is 1. The Morgan fingerprint density at radius 2 is 1.76 bits per heavy atom. The van der Waals surface area contributed by atoms with Crippen molar-refractivity contribution in [2.45, 2.75) is 45.6 Å². The van der Waals surface area contributed by atoms with Crippen LogP contribution in [0.2, 0.25) is 0 Å². The Labute approximate surface area is 193 Å². The maximum atomic E-state index is 13.2. The highest BCUT2D eigenvalue weighted by molar-refractivity contribution is 7.89. The van der Waals surface area contributed by atoms with Crippen molar-refractivity contribution in [1.29, 1.82) is 0 Å². The van der Waals surface area contributed by atoms with Crippen LogP contribution in [0.4, 0.5) is 5.69 Å². The molecule has 1 aromatic heterocycles. The van der Waals surface area contributed by atoms with Gasteiger partial charge < -0.3 is 9.73 Å². The van der Waals surface area contributed by atoms with Crippen molar-refractivity contribution in [1.82, 2.24) is 8.87 Å². The van der Waals surface area contributed by atoms with Crippen molar-refractivity contribution in [3.05, 3.63) is 58.1 Å². The van der Waals surface area contributed by atoms with Crippen molar-refractivity contribution in [2.75, 3.05) is 18.4 Å². The molecule has 3 aromatic rings. The summed E-state index contributed by atoms with van der Waals surface area (Å²) in [5, 5.41) is 2.78. The summed E-state index contributed by atoms with van der Waals surface area (Å²) in [6, 6.07) is 9.93. The maximum Gasteiger partial charge on any atom is 0.420 e. The Hall–Kier alpha value is -2.91. The largest absolute Gasteiger partial charge is 0.420 e. The molecule has 0 spiro atoms. The summed E-state index contributed by atoms with van der Waals surface area (Å²) >= 11 is 0. The monoisotopic (exact) mass is 471 g/mol. The number of carbonyl (C=O) groups excluding carboxylic acids is 1. The molecule has 0 unspecified atom stereocenters. The van der Waals surface area contributed by atoms with Crippen molar-refractivity contribution >= 4 is 32.7 Å². The maximum absolute atomic E-state index is 13.2. The fourth-order valence-corrected chi connectivity index (χ4v) is 6.17. The Morgan fingerprint density at radius 1 is 1.06 bits per heavy atom. The minimum absolute atomic E-state index is 0.0804. The lowest BCUT2D eigenvalue weighted by molar-refractivity contribution is -0.116. The topological polar surface area (TPSA) is 102 Å². The molecule has 0 saturated carbocycles. The van der Waals surface area contributed by atoms with Gasteiger partial charge in [-0.2, -0.15) is 4.31 Å². The molecule has 1 aliphatic heterocycles. The smallest absolute Gasteiger partial charge is 0.408 e. The highest BCUT2D eigenvalue weighted by atomic mass is 32.2. The fourth-order valence-electron chi connectivity index (χ4n) is 4.47. The minimum Gasteiger partial charge on any atom is -0.408 e. The third kappa shape index (κ3) is 4.74. The molecular formula is C24H29N3O5S. The van der Waals surface area contributed by atoms with E-state index in [0.717, 1.165) is 17.5 Å². The van der Waals surface area contributed by atoms with Gasteiger partial charge in [-0.15, -0.1) is 0 Å².